The number of aryl methyl sites for hydroxylation is 3. The number of halogens is 9. The number of fused-ring (bicyclic) bond motifs is 6. The molecule has 0 fully saturated rings. The van der Waals surface area contributed by atoms with E-state index in [9.17, 15) is 26.3 Å². The van der Waals surface area contributed by atoms with E-state index in [0.29, 0.717) is 55.1 Å². The maximum atomic E-state index is 15.2. The summed E-state index contributed by atoms with van der Waals surface area (Å²) in [5.74, 6) is 0. The highest BCUT2D eigenvalue weighted by atomic mass is 19.4. The normalized spacial score (nSPS) is 12.5. The van der Waals surface area contributed by atoms with Gasteiger partial charge in [-0.3, -0.25) is 0 Å². The molecule has 12 heteroatoms. The Morgan fingerprint density at radius 3 is 1.58 bits per heavy atom. The fourth-order valence-corrected chi connectivity index (χ4v) is 9.63. The molecule has 2 aromatic heterocycles. The summed E-state index contributed by atoms with van der Waals surface area (Å²) in [6.45, 7) is 13.7. The lowest BCUT2D eigenvalue weighted by molar-refractivity contribution is -0.138. The van der Waals surface area contributed by atoms with Crippen molar-refractivity contribution in [1.82, 2.24) is 9.13 Å². The third-order valence-corrected chi connectivity index (χ3v) is 12.6. The van der Waals surface area contributed by atoms with Gasteiger partial charge in [0, 0.05) is 21.5 Å². The largest absolute Gasteiger partial charge is 0.417 e. The SMILES string of the molecule is [C-]#[N+]c1c(-n2c3ccccc3c3ccc(-c4ccc(C(F)(F)F)cc4C)cc32)ccc(-c2c(C)cccc2C(F)(F)F)c1-n1c2ccccc2c2ccc(-c3ccc(C)cc3C(F)(F)F)cc21. The summed E-state index contributed by atoms with van der Waals surface area (Å²) in [5.41, 5.74) is 1.88. The third kappa shape index (κ3) is 7.08. The number of hydrogen-bond acceptors (Lipinski definition) is 0. The zero-order valence-corrected chi connectivity index (χ0v) is 35.7. The fraction of sp³-hybridized carbons (Fsp3) is 0.109. The maximum Gasteiger partial charge on any atom is 0.417 e. The van der Waals surface area contributed by atoms with E-state index in [2.05, 4.69) is 4.85 Å². The Hall–Kier alpha value is -7.78. The van der Waals surface area contributed by atoms with Crippen LogP contribution in [0.4, 0.5) is 45.2 Å². The highest BCUT2D eigenvalue weighted by Gasteiger charge is 2.37. The molecule has 0 aliphatic heterocycles. The summed E-state index contributed by atoms with van der Waals surface area (Å²) in [6.07, 6.45) is -14.1. The van der Waals surface area contributed by atoms with Crippen LogP contribution >= 0.6 is 0 Å². The molecule has 3 nitrogen and oxygen atoms in total. The van der Waals surface area contributed by atoms with Crippen molar-refractivity contribution >= 4 is 49.3 Å². The first kappa shape index (κ1) is 43.1. The molecule has 0 aliphatic rings. The van der Waals surface area contributed by atoms with E-state index in [-0.39, 0.29) is 44.9 Å². The van der Waals surface area contributed by atoms with Crippen LogP contribution in [0.3, 0.4) is 0 Å². The highest BCUT2D eigenvalue weighted by molar-refractivity contribution is 6.13. The van der Waals surface area contributed by atoms with Gasteiger partial charge in [-0.25, -0.2) is 4.85 Å². The molecule has 0 aliphatic carbocycles. The van der Waals surface area contributed by atoms with Crippen molar-refractivity contribution in [2.24, 2.45) is 0 Å². The molecule has 0 unspecified atom stereocenters. The Balaban J connectivity index is 1.35. The number of aromatic nitrogens is 2. The average Bonchev–Trinajstić information content (AvgIpc) is 3.79. The van der Waals surface area contributed by atoms with Crippen LogP contribution in [0.25, 0.3) is 93.2 Å². The van der Waals surface area contributed by atoms with E-state index in [4.69, 9.17) is 6.57 Å². The van der Waals surface area contributed by atoms with E-state index in [1.807, 2.05) is 53.1 Å². The molecule has 8 aromatic carbocycles. The second-order valence-electron chi connectivity index (χ2n) is 16.7. The van der Waals surface area contributed by atoms with Crippen LogP contribution in [0.5, 0.6) is 0 Å². The second-order valence-corrected chi connectivity index (χ2v) is 16.7. The molecule has 0 amide bonds. The van der Waals surface area contributed by atoms with Gasteiger partial charge in [-0.2, -0.15) is 39.5 Å². The van der Waals surface area contributed by atoms with E-state index < -0.39 is 35.2 Å². The maximum absolute atomic E-state index is 15.2. The highest BCUT2D eigenvalue weighted by Crippen LogP contribution is 2.50. The molecule has 10 rings (SSSR count). The molecule has 0 saturated carbocycles. The monoisotopic (exact) mass is 907 g/mol. The van der Waals surface area contributed by atoms with Gasteiger partial charge in [0.2, 0.25) is 5.69 Å². The molecule has 0 bridgehead atoms. The van der Waals surface area contributed by atoms with E-state index >= 15 is 13.2 Å². The molecule has 332 valence electrons. The van der Waals surface area contributed by atoms with Crippen LogP contribution in [0, 0.1) is 27.3 Å². The van der Waals surface area contributed by atoms with E-state index in [1.54, 1.807) is 86.0 Å². The number of benzene rings is 8. The molecule has 0 atom stereocenters. The van der Waals surface area contributed by atoms with Gasteiger partial charge in [0.25, 0.3) is 0 Å². The number of hydrogen-bond donors (Lipinski definition) is 0. The summed E-state index contributed by atoms with van der Waals surface area (Å²) < 4.78 is 134. The molecule has 0 radical (unpaired) electrons. The molecule has 67 heavy (non-hydrogen) atoms. The standard InChI is InChI=1S/C55H34F9N3/c1-30-16-20-37(44(26-30)55(62,63)64)34-18-22-41-39-12-6-8-15-46(39)67(49(41)29-34)52-42(50-31(2)10-9-13-43(50)54(59,60)61)24-25-47(51(52)65-4)66-45-14-7-5-11-38(45)40-21-17-33(28-48(40)66)36-23-19-35(27-32(36)3)53(56,57)58/h5-29H,1-3H3. The first-order valence-electron chi connectivity index (χ1n) is 21.0. The Morgan fingerprint density at radius 1 is 0.433 bits per heavy atom. The van der Waals surface area contributed by atoms with Gasteiger partial charge in [0.15, 0.2) is 0 Å². The number of nitrogens with zero attached hydrogens (tertiary/aromatic N) is 3. The predicted octanol–water partition coefficient (Wildman–Crippen LogP) is 17.4. The Morgan fingerprint density at radius 2 is 0.985 bits per heavy atom. The molecule has 10 aromatic rings. The molecule has 2 heterocycles. The Labute approximate surface area is 377 Å². The van der Waals surface area contributed by atoms with E-state index in [1.165, 1.54) is 18.2 Å². The zero-order chi connectivity index (χ0) is 47.3. The van der Waals surface area contributed by atoms with Gasteiger partial charge in [-0.15, -0.1) is 0 Å². The van der Waals surface area contributed by atoms with Crippen molar-refractivity contribution in [2.45, 2.75) is 39.3 Å². The van der Waals surface area contributed by atoms with Crippen LogP contribution in [0.1, 0.15) is 33.4 Å². The van der Waals surface area contributed by atoms with Gasteiger partial charge < -0.3 is 9.13 Å². The molecular weight excluding hydrogens is 874 g/mol. The molecule has 0 spiro atoms. The summed E-state index contributed by atoms with van der Waals surface area (Å²) in [4.78, 5) is 4.15. The van der Waals surface area contributed by atoms with Crippen molar-refractivity contribution in [3.8, 4) is 44.8 Å². The topological polar surface area (TPSA) is 14.2 Å². The first-order valence-corrected chi connectivity index (χ1v) is 21.0. The van der Waals surface area contributed by atoms with Crippen molar-refractivity contribution in [1.29, 1.82) is 0 Å². The zero-order valence-electron chi connectivity index (χ0n) is 35.7. The van der Waals surface area contributed by atoms with Crippen molar-refractivity contribution in [3.05, 3.63) is 196 Å². The fourth-order valence-electron chi connectivity index (χ4n) is 9.63. The Kier molecular flexibility index (Phi) is 9.92. The average molecular weight is 908 g/mol. The lowest BCUT2D eigenvalue weighted by atomic mass is 9.92. The van der Waals surface area contributed by atoms with Gasteiger partial charge in [-0.1, -0.05) is 103 Å². The third-order valence-electron chi connectivity index (χ3n) is 12.6. The summed E-state index contributed by atoms with van der Waals surface area (Å²) in [7, 11) is 0. The van der Waals surface area contributed by atoms with Crippen molar-refractivity contribution in [2.75, 3.05) is 0 Å². The second kappa shape index (κ2) is 15.4. The van der Waals surface area contributed by atoms with Crippen LogP contribution in [-0.4, -0.2) is 9.13 Å². The quantitative estimate of drug-likeness (QED) is 0.121. The lowest BCUT2D eigenvalue weighted by Crippen LogP contribution is -2.10. The van der Waals surface area contributed by atoms with Gasteiger partial charge in [-0.05, 0) is 120 Å². The van der Waals surface area contributed by atoms with Gasteiger partial charge in [0.05, 0.1) is 56.7 Å². The minimum Gasteiger partial charge on any atom is -0.319 e. The number of alkyl halides is 9. The number of rotatable bonds is 5. The lowest BCUT2D eigenvalue weighted by Gasteiger charge is -2.23. The van der Waals surface area contributed by atoms with E-state index in [0.717, 1.165) is 35.0 Å². The van der Waals surface area contributed by atoms with Crippen molar-refractivity contribution < 1.29 is 39.5 Å². The number of para-hydroxylation sites is 2. The summed E-state index contributed by atoms with van der Waals surface area (Å²) in [6, 6.07) is 39.4. The predicted molar refractivity (Wildman–Crippen MR) is 247 cm³/mol. The van der Waals surface area contributed by atoms with Crippen molar-refractivity contribution in [3.63, 3.8) is 0 Å². The minimum atomic E-state index is -4.83. The van der Waals surface area contributed by atoms with Crippen LogP contribution < -0.4 is 0 Å². The Bertz CT molecular complexity index is 3710. The summed E-state index contributed by atoms with van der Waals surface area (Å²) >= 11 is 0. The molecule has 0 saturated heterocycles. The van der Waals surface area contributed by atoms with Crippen LogP contribution in [0.15, 0.2) is 152 Å². The minimum absolute atomic E-state index is 0.0568. The van der Waals surface area contributed by atoms with Gasteiger partial charge in [0.1, 0.15) is 0 Å². The van der Waals surface area contributed by atoms with Crippen LogP contribution in [0.2, 0.25) is 0 Å². The molecular formula is C55H34F9N3. The first-order chi connectivity index (χ1) is 31.8. The smallest absolute Gasteiger partial charge is 0.319 e. The molecule has 0 N–H and O–H groups in total. The van der Waals surface area contributed by atoms with Gasteiger partial charge >= 0.3 is 18.5 Å². The van der Waals surface area contributed by atoms with Crippen LogP contribution in [-0.2, 0) is 18.5 Å². The summed E-state index contributed by atoms with van der Waals surface area (Å²) in [5, 5.41) is 2.74.